The Morgan fingerprint density at radius 1 is 1.38 bits per heavy atom. The molecule has 110 valence electrons. The first-order chi connectivity index (χ1) is 9.99. The van der Waals surface area contributed by atoms with Gasteiger partial charge in [0, 0.05) is 11.4 Å². The van der Waals surface area contributed by atoms with Crippen LogP contribution in [-0.4, -0.2) is 15.9 Å². The first-order valence-corrected chi connectivity index (χ1v) is 7.28. The standard InChI is InChI=1S/C16H19N3O2/c1-16(2)9-5-8-14(16)18-15-11-6-3-4-7-12(11)17-10-13(15)19(20)21/h3-4,6-7,10,14H,5,8-9H2,1-2H3,(H,17,18). The van der Waals surface area contributed by atoms with Gasteiger partial charge in [-0.3, -0.25) is 10.1 Å². The number of nitrogens with one attached hydrogen (secondary N) is 1. The van der Waals surface area contributed by atoms with Crippen LogP contribution in [0.15, 0.2) is 30.5 Å². The van der Waals surface area contributed by atoms with Crippen molar-refractivity contribution >= 4 is 22.3 Å². The third kappa shape index (κ3) is 2.44. The van der Waals surface area contributed by atoms with Gasteiger partial charge in [-0.2, -0.15) is 0 Å². The summed E-state index contributed by atoms with van der Waals surface area (Å²) in [5.74, 6) is 0. The second-order valence-corrected chi connectivity index (χ2v) is 6.37. The summed E-state index contributed by atoms with van der Waals surface area (Å²) in [6.45, 7) is 4.43. The smallest absolute Gasteiger partial charge is 0.311 e. The molecule has 0 aliphatic heterocycles. The summed E-state index contributed by atoms with van der Waals surface area (Å²) in [4.78, 5) is 15.2. The third-order valence-corrected chi connectivity index (χ3v) is 4.53. The van der Waals surface area contributed by atoms with Crippen molar-refractivity contribution in [2.45, 2.75) is 39.2 Å². The van der Waals surface area contributed by atoms with Crippen molar-refractivity contribution in [1.82, 2.24) is 4.98 Å². The monoisotopic (exact) mass is 285 g/mol. The van der Waals surface area contributed by atoms with E-state index in [0.29, 0.717) is 5.69 Å². The highest BCUT2D eigenvalue weighted by Gasteiger charge is 2.35. The predicted molar refractivity (Wildman–Crippen MR) is 83.4 cm³/mol. The molecule has 1 saturated carbocycles. The number of pyridine rings is 1. The van der Waals surface area contributed by atoms with Crippen LogP contribution in [0.5, 0.6) is 0 Å². The fourth-order valence-corrected chi connectivity index (χ4v) is 3.19. The van der Waals surface area contributed by atoms with Gasteiger partial charge in [0.1, 0.15) is 11.9 Å². The Kier molecular flexibility index (Phi) is 3.27. The minimum atomic E-state index is -0.357. The highest BCUT2D eigenvalue weighted by Crippen LogP contribution is 2.41. The molecule has 0 bridgehead atoms. The number of nitrogens with zero attached hydrogens (tertiary/aromatic N) is 2. The fraction of sp³-hybridized carbons (Fsp3) is 0.438. The summed E-state index contributed by atoms with van der Waals surface area (Å²) >= 11 is 0. The maximum absolute atomic E-state index is 11.3. The van der Waals surface area contributed by atoms with Gasteiger partial charge in [0.25, 0.3) is 0 Å². The number of benzene rings is 1. The van der Waals surface area contributed by atoms with Crippen molar-refractivity contribution in [2.24, 2.45) is 5.41 Å². The minimum absolute atomic E-state index is 0.0522. The zero-order valence-corrected chi connectivity index (χ0v) is 12.3. The van der Waals surface area contributed by atoms with E-state index in [1.807, 2.05) is 24.3 Å². The van der Waals surface area contributed by atoms with Crippen LogP contribution in [0.2, 0.25) is 0 Å². The summed E-state index contributed by atoms with van der Waals surface area (Å²) in [6, 6.07) is 7.80. The molecule has 1 atom stereocenters. The highest BCUT2D eigenvalue weighted by molar-refractivity contribution is 5.95. The van der Waals surface area contributed by atoms with E-state index in [0.717, 1.165) is 30.2 Å². The zero-order valence-electron chi connectivity index (χ0n) is 12.3. The van der Waals surface area contributed by atoms with Crippen LogP contribution in [0.1, 0.15) is 33.1 Å². The maximum atomic E-state index is 11.3. The molecular formula is C16H19N3O2. The van der Waals surface area contributed by atoms with Gasteiger partial charge in [0.15, 0.2) is 0 Å². The van der Waals surface area contributed by atoms with Gasteiger partial charge >= 0.3 is 5.69 Å². The topological polar surface area (TPSA) is 68.1 Å². The number of rotatable bonds is 3. The molecule has 3 rings (SSSR count). The fourth-order valence-electron chi connectivity index (χ4n) is 3.19. The molecule has 5 nitrogen and oxygen atoms in total. The van der Waals surface area contributed by atoms with Crippen molar-refractivity contribution in [3.63, 3.8) is 0 Å². The van der Waals surface area contributed by atoms with Crippen molar-refractivity contribution in [3.8, 4) is 0 Å². The molecule has 1 N–H and O–H groups in total. The van der Waals surface area contributed by atoms with E-state index < -0.39 is 0 Å². The second-order valence-electron chi connectivity index (χ2n) is 6.37. The van der Waals surface area contributed by atoms with Gasteiger partial charge in [0.2, 0.25) is 0 Å². The molecule has 0 radical (unpaired) electrons. The third-order valence-electron chi connectivity index (χ3n) is 4.53. The van der Waals surface area contributed by atoms with Gasteiger partial charge in [-0.15, -0.1) is 0 Å². The summed E-state index contributed by atoms with van der Waals surface area (Å²) in [5, 5.41) is 15.6. The van der Waals surface area contributed by atoms with E-state index in [4.69, 9.17) is 0 Å². The SMILES string of the molecule is CC1(C)CCCC1Nc1c([N+](=O)[O-])cnc2ccccc12. The van der Waals surface area contributed by atoms with Crippen molar-refractivity contribution in [2.75, 3.05) is 5.32 Å². The molecule has 5 heteroatoms. The Balaban J connectivity index is 2.10. The second kappa shape index (κ2) is 4.98. The van der Waals surface area contributed by atoms with E-state index in [-0.39, 0.29) is 22.1 Å². The average molecular weight is 285 g/mol. The Morgan fingerprint density at radius 3 is 2.81 bits per heavy atom. The van der Waals surface area contributed by atoms with Crippen molar-refractivity contribution in [1.29, 1.82) is 0 Å². The van der Waals surface area contributed by atoms with Crippen LogP contribution in [0.25, 0.3) is 10.9 Å². The Bertz CT molecular complexity index is 697. The molecule has 0 amide bonds. The van der Waals surface area contributed by atoms with Crippen molar-refractivity contribution < 1.29 is 4.92 Å². The molecule has 1 heterocycles. The first kappa shape index (κ1) is 13.8. The average Bonchev–Trinajstić information content (AvgIpc) is 2.78. The van der Waals surface area contributed by atoms with Gasteiger partial charge in [0.05, 0.1) is 10.4 Å². The van der Waals surface area contributed by atoms with E-state index in [9.17, 15) is 10.1 Å². The van der Waals surface area contributed by atoms with Crippen molar-refractivity contribution in [3.05, 3.63) is 40.6 Å². The Morgan fingerprint density at radius 2 is 2.14 bits per heavy atom. The largest absolute Gasteiger partial charge is 0.376 e. The number of hydrogen-bond acceptors (Lipinski definition) is 4. The van der Waals surface area contributed by atoms with Crippen LogP contribution < -0.4 is 5.32 Å². The van der Waals surface area contributed by atoms with Gasteiger partial charge < -0.3 is 5.32 Å². The quantitative estimate of drug-likeness (QED) is 0.680. The number of aromatic nitrogens is 1. The molecule has 1 aliphatic rings. The van der Waals surface area contributed by atoms with Gasteiger partial charge in [-0.1, -0.05) is 38.5 Å². The van der Waals surface area contributed by atoms with Gasteiger partial charge in [-0.25, -0.2) is 4.98 Å². The van der Waals surface area contributed by atoms with E-state index in [2.05, 4.69) is 24.1 Å². The molecule has 2 aromatic rings. The van der Waals surface area contributed by atoms with Crippen LogP contribution in [0.4, 0.5) is 11.4 Å². The Hall–Kier alpha value is -2.17. The van der Waals surface area contributed by atoms with Gasteiger partial charge in [-0.05, 0) is 24.3 Å². The number of nitro groups is 1. The molecular weight excluding hydrogens is 266 g/mol. The summed E-state index contributed by atoms with van der Waals surface area (Å²) in [6.07, 6.45) is 4.69. The first-order valence-electron chi connectivity index (χ1n) is 7.28. The van der Waals surface area contributed by atoms with Crippen LogP contribution in [-0.2, 0) is 0 Å². The molecule has 1 aromatic heterocycles. The molecule has 0 spiro atoms. The lowest BCUT2D eigenvalue weighted by Gasteiger charge is -2.29. The maximum Gasteiger partial charge on any atom is 0.311 e. The lowest BCUT2D eigenvalue weighted by molar-refractivity contribution is -0.384. The number of fused-ring (bicyclic) bond motifs is 1. The van der Waals surface area contributed by atoms with Crippen LogP contribution in [0.3, 0.4) is 0 Å². The summed E-state index contributed by atoms with van der Waals surface area (Å²) in [7, 11) is 0. The van der Waals surface area contributed by atoms with Crippen LogP contribution in [0, 0.1) is 15.5 Å². The zero-order chi connectivity index (χ0) is 15.0. The minimum Gasteiger partial charge on any atom is -0.376 e. The van der Waals surface area contributed by atoms with E-state index in [1.54, 1.807) is 0 Å². The molecule has 1 fully saturated rings. The van der Waals surface area contributed by atoms with E-state index in [1.165, 1.54) is 6.20 Å². The Labute approximate surface area is 123 Å². The molecule has 1 unspecified atom stereocenters. The molecule has 21 heavy (non-hydrogen) atoms. The predicted octanol–water partition coefficient (Wildman–Crippen LogP) is 4.13. The van der Waals surface area contributed by atoms with E-state index >= 15 is 0 Å². The number of anilines is 1. The molecule has 1 aliphatic carbocycles. The normalized spacial score (nSPS) is 20.6. The molecule has 1 aromatic carbocycles. The number of hydrogen-bond donors (Lipinski definition) is 1. The highest BCUT2D eigenvalue weighted by atomic mass is 16.6. The summed E-state index contributed by atoms with van der Waals surface area (Å²) < 4.78 is 0. The lowest BCUT2D eigenvalue weighted by Crippen LogP contribution is -2.31. The lowest BCUT2D eigenvalue weighted by atomic mass is 9.87. The summed E-state index contributed by atoms with van der Waals surface area (Å²) in [5.41, 5.74) is 1.58. The molecule has 0 saturated heterocycles. The van der Waals surface area contributed by atoms with Crippen LogP contribution >= 0.6 is 0 Å². The number of para-hydroxylation sites is 1.